The van der Waals surface area contributed by atoms with Crippen LogP contribution in [0.2, 0.25) is 0 Å². The van der Waals surface area contributed by atoms with Crippen molar-refractivity contribution in [1.29, 1.82) is 0 Å². The number of carboxylic acid groups (broad SMARTS) is 1. The molecule has 0 heterocycles. The second kappa shape index (κ2) is 7.10. The molecule has 23 heavy (non-hydrogen) atoms. The first-order chi connectivity index (χ1) is 10.9. The molecule has 0 amide bonds. The largest absolute Gasteiger partial charge is 0.480 e. The predicted octanol–water partition coefficient (Wildman–Crippen LogP) is 3.12. The Bertz CT molecular complexity index is 404. The second-order valence-corrected chi connectivity index (χ2v) is 9.10. The topological polar surface area (TPSA) is 52.6 Å². The predicted molar refractivity (Wildman–Crippen MR) is 92.5 cm³/mol. The molecule has 0 aliphatic heterocycles. The Morgan fingerprint density at radius 2 is 1.78 bits per heavy atom. The van der Waals surface area contributed by atoms with Gasteiger partial charge in [-0.2, -0.15) is 0 Å². The molecule has 0 aromatic heterocycles. The van der Waals surface area contributed by atoms with E-state index >= 15 is 0 Å². The Balaban J connectivity index is 1.34. The van der Waals surface area contributed by atoms with Crippen LogP contribution in [0.4, 0.5) is 0 Å². The van der Waals surface area contributed by atoms with Crippen LogP contribution in [-0.2, 0) is 4.79 Å². The van der Waals surface area contributed by atoms with Crippen molar-refractivity contribution in [3.63, 3.8) is 0 Å². The van der Waals surface area contributed by atoms with Gasteiger partial charge in [0.15, 0.2) is 0 Å². The number of rotatable bonds is 8. The van der Waals surface area contributed by atoms with Gasteiger partial charge in [0, 0.05) is 18.6 Å². The third kappa shape index (κ3) is 5.18. The van der Waals surface area contributed by atoms with Crippen LogP contribution in [0.1, 0.15) is 65.2 Å². The van der Waals surface area contributed by atoms with Crippen molar-refractivity contribution in [3.8, 4) is 0 Å². The molecule has 3 rings (SSSR count). The molecule has 3 saturated carbocycles. The van der Waals surface area contributed by atoms with E-state index in [1.807, 2.05) is 0 Å². The van der Waals surface area contributed by atoms with Crippen LogP contribution >= 0.6 is 0 Å². The zero-order valence-electron chi connectivity index (χ0n) is 14.9. The lowest BCUT2D eigenvalue weighted by atomic mass is 9.73. The lowest BCUT2D eigenvalue weighted by Crippen LogP contribution is -2.54. The summed E-state index contributed by atoms with van der Waals surface area (Å²) in [5.74, 6) is 0.947. The summed E-state index contributed by atoms with van der Waals surface area (Å²) in [4.78, 5) is 13.3. The first-order valence-corrected chi connectivity index (χ1v) is 9.60. The standard InChI is InChI=1S/C19H34N2O2/c1-19(2)7-5-14(6-8-19)11-20-16-9-17(10-16)21(13-18(22)23)12-15-3-4-15/h14-17,20H,3-13H2,1-2H3,(H,22,23). The highest BCUT2D eigenvalue weighted by Crippen LogP contribution is 2.38. The Kier molecular flexibility index (Phi) is 5.32. The van der Waals surface area contributed by atoms with Crippen molar-refractivity contribution < 1.29 is 9.90 Å². The molecule has 0 bridgehead atoms. The second-order valence-electron chi connectivity index (χ2n) is 9.10. The minimum Gasteiger partial charge on any atom is -0.480 e. The molecule has 3 fully saturated rings. The van der Waals surface area contributed by atoms with E-state index < -0.39 is 5.97 Å². The summed E-state index contributed by atoms with van der Waals surface area (Å²) in [7, 11) is 0. The third-order valence-electron chi connectivity index (χ3n) is 6.31. The highest BCUT2D eigenvalue weighted by Gasteiger charge is 2.37. The Morgan fingerprint density at radius 3 is 2.35 bits per heavy atom. The molecule has 0 radical (unpaired) electrons. The SMILES string of the molecule is CC1(C)CCC(CNC2CC(N(CC(=O)O)CC3CC3)C2)CC1. The van der Waals surface area contributed by atoms with Crippen molar-refractivity contribution >= 4 is 5.97 Å². The average molecular weight is 322 g/mol. The van der Waals surface area contributed by atoms with Crippen LogP contribution in [0.15, 0.2) is 0 Å². The van der Waals surface area contributed by atoms with Gasteiger partial charge in [-0.05, 0) is 75.2 Å². The molecule has 0 aromatic carbocycles. The fourth-order valence-electron chi connectivity index (χ4n) is 4.20. The number of carboxylic acids is 1. The summed E-state index contributed by atoms with van der Waals surface area (Å²) >= 11 is 0. The summed E-state index contributed by atoms with van der Waals surface area (Å²) in [6.45, 7) is 7.18. The quantitative estimate of drug-likeness (QED) is 0.721. The molecule has 3 aliphatic rings. The number of nitrogens with one attached hydrogen (secondary N) is 1. The summed E-state index contributed by atoms with van der Waals surface area (Å²) in [5.41, 5.74) is 0.554. The summed E-state index contributed by atoms with van der Waals surface area (Å²) in [6, 6.07) is 1.11. The van der Waals surface area contributed by atoms with Gasteiger partial charge in [-0.1, -0.05) is 13.8 Å². The minimum atomic E-state index is -0.674. The van der Waals surface area contributed by atoms with E-state index in [1.54, 1.807) is 0 Å². The molecule has 0 unspecified atom stereocenters. The van der Waals surface area contributed by atoms with Crippen molar-refractivity contribution in [2.75, 3.05) is 19.6 Å². The Labute approximate surface area is 141 Å². The van der Waals surface area contributed by atoms with Gasteiger partial charge in [-0.15, -0.1) is 0 Å². The first-order valence-electron chi connectivity index (χ1n) is 9.60. The van der Waals surface area contributed by atoms with Gasteiger partial charge in [0.05, 0.1) is 6.54 Å². The maximum atomic E-state index is 11.1. The highest BCUT2D eigenvalue weighted by molar-refractivity contribution is 5.69. The maximum absolute atomic E-state index is 11.1. The third-order valence-corrected chi connectivity index (χ3v) is 6.31. The van der Waals surface area contributed by atoms with Gasteiger partial charge in [0.2, 0.25) is 0 Å². The minimum absolute atomic E-state index is 0.228. The zero-order chi connectivity index (χ0) is 16.4. The molecule has 2 N–H and O–H groups in total. The fraction of sp³-hybridized carbons (Fsp3) is 0.947. The number of aliphatic carboxylic acids is 1. The number of carbonyl (C=O) groups is 1. The molecule has 0 spiro atoms. The van der Waals surface area contributed by atoms with E-state index in [2.05, 4.69) is 24.1 Å². The molecule has 132 valence electrons. The number of nitrogens with zero attached hydrogens (tertiary/aromatic N) is 1. The number of hydrogen-bond acceptors (Lipinski definition) is 3. The van der Waals surface area contributed by atoms with Gasteiger partial charge in [-0.3, -0.25) is 9.69 Å². The van der Waals surface area contributed by atoms with E-state index in [0.717, 1.165) is 37.8 Å². The molecular formula is C19H34N2O2. The molecule has 0 saturated heterocycles. The highest BCUT2D eigenvalue weighted by atomic mass is 16.4. The van der Waals surface area contributed by atoms with E-state index in [0.29, 0.717) is 17.5 Å². The summed E-state index contributed by atoms with van der Waals surface area (Å²) in [5, 5.41) is 12.9. The van der Waals surface area contributed by atoms with E-state index in [1.165, 1.54) is 38.5 Å². The van der Waals surface area contributed by atoms with Crippen molar-refractivity contribution in [2.45, 2.75) is 77.3 Å². The van der Waals surface area contributed by atoms with Crippen LogP contribution in [0.3, 0.4) is 0 Å². The Hall–Kier alpha value is -0.610. The molecule has 4 nitrogen and oxygen atoms in total. The van der Waals surface area contributed by atoms with Crippen LogP contribution in [-0.4, -0.2) is 47.7 Å². The van der Waals surface area contributed by atoms with Gasteiger partial charge >= 0.3 is 5.97 Å². The van der Waals surface area contributed by atoms with Gasteiger partial charge in [0.25, 0.3) is 0 Å². The molecule has 3 aliphatic carbocycles. The van der Waals surface area contributed by atoms with E-state index in [4.69, 9.17) is 5.11 Å². The van der Waals surface area contributed by atoms with E-state index in [-0.39, 0.29) is 6.54 Å². The summed E-state index contributed by atoms with van der Waals surface area (Å²) in [6.07, 6.45) is 10.3. The van der Waals surface area contributed by atoms with Gasteiger partial charge in [0.1, 0.15) is 0 Å². The van der Waals surface area contributed by atoms with Crippen LogP contribution < -0.4 is 5.32 Å². The number of hydrogen-bond donors (Lipinski definition) is 2. The van der Waals surface area contributed by atoms with Crippen molar-refractivity contribution in [3.05, 3.63) is 0 Å². The van der Waals surface area contributed by atoms with E-state index in [9.17, 15) is 4.79 Å². The van der Waals surface area contributed by atoms with Gasteiger partial charge < -0.3 is 10.4 Å². The van der Waals surface area contributed by atoms with Crippen LogP contribution in [0.5, 0.6) is 0 Å². The average Bonchev–Trinajstić information content (AvgIpc) is 3.21. The van der Waals surface area contributed by atoms with Crippen LogP contribution in [0.25, 0.3) is 0 Å². The monoisotopic (exact) mass is 322 g/mol. The fourth-order valence-corrected chi connectivity index (χ4v) is 4.20. The normalized spacial score (nSPS) is 31.1. The van der Waals surface area contributed by atoms with Crippen LogP contribution in [0, 0.1) is 17.3 Å². The Morgan fingerprint density at radius 1 is 1.13 bits per heavy atom. The molecule has 4 heteroatoms. The lowest BCUT2D eigenvalue weighted by Gasteiger charge is -2.44. The molecular weight excluding hydrogens is 288 g/mol. The molecule has 0 aromatic rings. The zero-order valence-corrected chi connectivity index (χ0v) is 14.9. The van der Waals surface area contributed by atoms with Gasteiger partial charge in [-0.25, -0.2) is 0 Å². The lowest BCUT2D eigenvalue weighted by molar-refractivity contribution is -0.139. The molecule has 0 atom stereocenters. The van der Waals surface area contributed by atoms with Crippen molar-refractivity contribution in [1.82, 2.24) is 10.2 Å². The summed E-state index contributed by atoms with van der Waals surface area (Å²) < 4.78 is 0. The van der Waals surface area contributed by atoms with Crippen molar-refractivity contribution in [2.24, 2.45) is 17.3 Å². The first kappa shape index (κ1) is 17.2. The maximum Gasteiger partial charge on any atom is 0.317 e. The smallest absolute Gasteiger partial charge is 0.317 e.